The average Bonchev–Trinajstić information content (AvgIpc) is 2.55. The van der Waals surface area contributed by atoms with Gasteiger partial charge in [0.25, 0.3) is 0 Å². The Bertz CT molecular complexity index is 632. The maximum Gasteiger partial charge on any atom is 0.126 e. The lowest BCUT2D eigenvalue weighted by Crippen LogP contribution is -2.38. The molecule has 0 amide bonds. The van der Waals surface area contributed by atoms with E-state index >= 15 is 0 Å². The van der Waals surface area contributed by atoms with Gasteiger partial charge in [0, 0.05) is 32.4 Å². The van der Waals surface area contributed by atoms with Crippen molar-refractivity contribution in [2.75, 3.05) is 32.1 Å². The zero-order valence-corrected chi connectivity index (χ0v) is 13.1. The van der Waals surface area contributed by atoms with Gasteiger partial charge < -0.3 is 10.1 Å². The second kappa shape index (κ2) is 6.85. The summed E-state index contributed by atoms with van der Waals surface area (Å²) in [6.45, 7) is 5.38. The molecule has 0 aromatic carbocycles. The molecule has 1 unspecified atom stereocenters. The molecular weight excluding hydrogens is 276 g/mol. The quantitative estimate of drug-likeness (QED) is 0.939. The number of rotatable bonds is 4. The summed E-state index contributed by atoms with van der Waals surface area (Å²) in [7, 11) is 1.88. The number of morpholine rings is 1. The topological polar surface area (TPSA) is 50.3 Å². The minimum absolute atomic E-state index is 0.0202. The van der Waals surface area contributed by atoms with Crippen LogP contribution >= 0.6 is 0 Å². The van der Waals surface area contributed by atoms with Crippen molar-refractivity contribution in [1.29, 1.82) is 0 Å². The molecule has 0 saturated carbocycles. The number of aryl methyl sites for hydroxylation is 1. The molecule has 1 fully saturated rings. The minimum Gasteiger partial charge on any atom is -0.373 e. The Hall–Kier alpha value is -1.98. The number of aromatic nitrogens is 2. The van der Waals surface area contributed by atoms with Crippen LogP contribution in [0, 0.1) is 6.92 Å². The highest BCUT2D eigenvalue weighted by molar-refractivity contribution is 5.34. The number of nitrogens with zero attached hydrogens (tertiary/aromatic N) is 3. The summed E-state index contributed by atoms with van der Waals surface area (Å²) in [6, 6.07) is 12.2. The first-order valence-electron chi connectivity index (χ1n) is 7.66. The summed E-state index contributed by atoms with van der Waals surface area (Å²) >= 11 is 0. The molecule has 0 bridgehead atoms. The van der Waals surface area contributed by atoms with Gasteiger partial charge in [-0.2, -0.15) is 0 Å². The number of hydrogen-bond acceptors (Lipinski definition) is 5. The third kappa shape index (κ3) is 3.61. The van der Waals surface area contributed by atoms with Crippen molar-refractivity contribution in [3.05, 3.63) is 53.5 Å². The largest absolute Gasteiger partial charge is 0.373 e. The number of nitrogens with one attached hydrogen (secondary N) is 1. The molecule has 0 radical (unpaired) electrons. The van der Waals surface area contributed by atoms with Gasteiger partial charge in [0.15, 0.2) is 0 Å². The lowest BCUT2D eigenvalue weighted by molar-refractivity contribution is -0.0352. The maximum absolute atomic E-state index is 5.90. The van der Waals surface area contributed by atoms with Crippen LogP contribution in [0.15, 0.2) is 36.4 Å². The van der Waals surface area contributed by atoms with Gasteiger partial charge in [-0.25, -0.2) is 4.98 Å². The molecule has 1 atom stereocenters. The Morgan fingerprint density at radius 3 is 2.91 bits per heavy atom. The number of anilines is 1. The molecule has 116 valence electrons. The molecule has 1 aliphatic rings. The molecule has 1 aliphatic heterocycles. The molecule has 2 aromatic rings. The molecule has 5 nitrogen and oxygen atoms in total. The van der Waals surface area contributed by atoms with Gasteiger partial charge in [-0.05, 0) is 31.2 Å². The molecular formula is C17H22N4O. The first-order valence-corrected chi connectivity index (χ1v) is 7.66. The van der Waals surface area contributed by atoms with Crippen molar-refractivity contribution in [3.8, 4) is 0 Å². The zero-order valence-electron chi connectivity index (χ0n) is 13.1. The van der Waals surface area contributed by atoms with Crippen molar-refractivity contribution >= 4 is 5.82 Å². The second-order valence-corrected chi connectivity index (χ2v) is 5.56. The van der Waals surface area contributed by atoms with Crippen LogP contribution in [0.4, 0.5) is 5.82 Å². The van der Waals surface area contributed by atoms with E-state index in [0.717, 1.165) is 49.1 Å². The average molecular weight is 298 g/mol. The molecule has 2 aromatic heterocycles. The Morgan fingerprint density at radius 1 is 1.23 bits per heavy atom. The zero-order chi connectivity index (χ0) is 15.4. The van der Waals surface area contributed by atoms with Gasteiger partial charge in [-0.1, -0.05) is 12.1 Å². The second-order valence-electron chi connectivity index (χ2n) is 5.56. The first kappa shape index (κ1) is 14.9. The highest BCUT2D eigenvalue weighted by Gasteiger charge is 2.23. The summed E-state index contributed by atoms with van der Waals surface area (Å²) in [5, 5.41) is 3.07. The van der Waals surface area contributed by atoms with Crippen LogP contribution in [-0.2, 0) is 11.3 Å². The third-order valence-electron chi connectivity index (χ3n) is 3.84. The molecule has 22 heavy (non-hydrogen) atoms. The lowest BCUT2D eigenvalue weighted by Gasteiger charge is -2.32. The van der Waals surface area contributed by atoms with Crippen molar-refractivity contribution in [1.82, 2.24) is 14.9 Å². The summed E-state index contributed by atoms with van der Waals surface area (Å²) in [6.07, 6.45) is 0.0202. The van der Waals surface area contributed by atoms with Crippen LogP contribution in [0.3, 0.4) is 0 Å². The van der Waals surface area contributed by atoms with Crippen molar-refractivity contribution in [2.24, 2.45) is 0 Å². The molecule has 1 saturated heterocycles. The van der Waals surface area contributed by atoms with E-state index in [2.05, 4.69) is 32.3 Å². The number of hydrogen-bond donors (Lipinski definition) is 1. The van der Waals surface area contributed by atoms with Gasteiger partial charge >= 0.3 is 0 Å². The molecule has 3 heterocycles. The molecule has 1 N–H and O–H groups in total. The van der Waals surface area contributed by atoms with Crippen LogP contribution in [0.1, 0.15) is 23.2 Å². The van der Waals surface area contributed by atoms with E-state index in [1.165, 1.54) is 0 Å². The highest BCUT2D eigenvalue weighted by Crippen LogP contribution is 2.22. The van der Waals surface area contributed by atoms with E-state index in [1.54, 1.807) is 0 Å². The maximum atomic E-state index is 5.90. The number of pyridine rings is 2. The molecule has 0 spiro atoms. The van der Waals surface area contributed by atoms with E-state index < -0.39 is 0 Å². The summed E-state index contributed by atoms with van der Waals surface area (Å²) in [5.74, 6) is 0.874. The first-order chi connectivity index (χ1) is 10.7. The van der Waals surface area contributed by atoms with E-state index in [1.807, 2.05) is 38.2 Å². The van der Waals surface area contributed by atoms with Crippen molar-refractivity contribution in [2.45, 2.75) is 19.6 Å². The smallest absolute Gasteiger partial charge is 0.126 e. The van der Waals surface area contributed by atoms with Crippen LogP contribution in [-0.4, -0.2) is 41.6 Å². The summed E-state index contributed by atoms with van der Waals surface area (Å²) in [4.78, 5) is 11.6. The molecule has 0 aliphatic carbocycles. The Balaban J connectivity index is 1.68. The lowest BCUT2D eigenvalue weighted by atomic mass is 10.1. The fraction of sp³-hybridized carbons (Fsp3) is 0.412. The standard InChI is InChI=1S/C17H22N4O/c1-13-5-3-6-14(19-13)11-21-9-10-22-16(12-21)15-7-4-8-17(18-2)20-15/h3-8,16H,9-12H2,1-2H3,(H,18,20). The van der Waals surface area contributed by atoms with Gasteiger partial charge in [0.05, 0.1) is 18.0 Å². The third-order valence-corrected chi connectivity index (χ3v) is 3.84. The normalized spacial score (nSPS) is 19.1. The molecule has 3 rings (SSSR count). The summed E-state index contributed by atoms with van der Waals surface area (Å²) in [5.41, 5.74) is 3.15. The van der Waals surface area contributed by atoms with E-state index in [9.17, 15) is 0 Å². The van der Waals surface area contributed by atoms with Crippen LogP contribution in [0.25, 0.3) is 0 Å². The predicted molar refractivity (Wildman–Crippen MR) is 86.7 cm³/mol. The van der Waals surface area contributed by atoms with E-state index in [0.29, 0.717) is 0 Å². The van der Waals surface area contributed by atoms with Gasteiger partial charge in [-0.15, -0.1) is 0 Å². The SMILES string of the molecule is CNc1cccc(C2CN(Cc3cccc(C)n3)CCO2)n1. The predicted octanol–water partition coefficient (Wildman–Crippen LogP) is 2.40. The number of ether oxygens (including phenoxy) is 1. The van der Waals surface area contributed by atoms with Gasteiger partial charge in [0.2, 0.25) is 0 Å². The van der Waals surface area contributed by atoms with Crippen LogP contribution in [0.2, 0.25) is 0 Å². The fourth-order valence-corrected chi connectivity index (χ4v) is 2.71. The monoisotopic (exact) mass is 298 g/mol. The fourth-order valence-electron chi connectivity index (χ4n) is 2.71. The van der Waals surface area contributed by atoms with E-state index in [4.69, 9.17) is 4.74 Å². The van der Waals surface area contributed by atoms with Gasteiger partial charge in [0.1, 0.15) is 11.9 Å². The molecule has 5 heteroatoms. The highest BCUT2D eigenvalue weighted by atomic mass is 16.5. The van der Waals surface area contributed by atoms with Crippen LogP contribution < -0.4 is 5.32 Å². The Kier molecular flexibility index (Phi) is 4.65. The Labute approximate surface area is 131 Å². The minimum atomic E-state index is 0.0202. The summed E-state index contributed by atoms with van der Waals surface area (Å²) < 4.78 is 5.90. The van der Waals surface area contributed by atoms with Crippen LogP contribution in [0.5, 0.6) is 0 Å². The van der Waals surface area contributed by atoms with E-state index in [-0.39, 0.29) is 6.10 Å². The van der Waals surface area contributed by atoms with Crippen molar-refractivity contribution in [3.63, 3.8) is 0 Å². The van der Waals surface area contributed by atoms with Crippen molar-refractivity contribution < 1.29 is 4.74 Å². The Morgan fingerprint density at radius 2 is 2.09 bits per heavy atom. The van der Waals surface area contributed by atoms with Gasteiger partial charge in [-0.3, -0.25) is 9.88 Å².